The maximum absolute atomic E-state index is 12.4. The Labute approximate surface area is 126 Å². The first kappa shape index (κ1) is 14.3. The quantitative estimate of drug-likeness (QED) is 0.693. The minimum absolute atomic E-state index is 0.00681. The molecule has 0 saturated heterocycles. The molecule has 2 aromatic carbocycles. The van der Waals surface area contributed by atoms with Gasteiger partial charge in [0.25, 0.3) is 0 Å². The lowest BCUT2D eigenvalue weighted by molar-refractivity contribution is 0.103. The van der Waals surface area contributed by atoms with Crippen molar-refractivity contribution in [1.29, 1.82) is 0 Å². The van der Waals surface area contributed by atoms with Crippen molar-refractivity contribution in [3.8, 4) is 0 Å². The van der Waals surface area contributed by atoms with E-state index in [-0.39, 0.29) is 5.78 Å². The fraction of sp³-hybridized carbons (Fsp3) is 0.188. The molecule has 0 heterocycles. The van der Waals surface area contributed by atoms with Gasteiger partial charge in [0.1, 0.15) is 0 Å². The maximum atomic E-state index is 12.4. The molecule has 0 atom stereocenters. The second-order valence-corrected chi connectivity index (χ2v) is 5.67. The topological polar surface area (TPSA) is 17.1 Å². The van der Waals surface area contributed by atoms with Gasteiger partial charge in [-0.15, -0.1) is 0 Å². The molecule has 1 nitrogen and oxygen atoms in total. The summed E-state index contributed by atoms with van der Waals surface area (Å²) in [7, 11) is 0. The molecule has 0 amide bonds. The minimum atomic E-state index is 0.00681. The molecule has 98 valence electrons. The molecule has 0 aliphatic heterocycles. The van der Waals surface area contributed by atoms with Gasteiger partial charge in [-0.25, -0.2) is 0 Å². The number of ketones is 1. The molecule has 0 bridgehead atoms. The highest BCUT2D eigenvalue weighted by Gasteiger charge is 2.11. The van der Waals surface area contributed by atoms with Crippen molar-refractivity contribution in [2.75, 3.05) is 0 Å². The van der Waals surface area contributed by atoms with Gasteiger partial charge in [-0.3, -0.25) is 4.79 Å². The van der Waals surface area contributed by atoms with Crippen LogP contribution in [0.3, 0.4) is 0 Å². The minimum Gasteiger partial charge on any atom is -0.289 e. The van der Waals surface area contributed by atoms with E-state index in [4.69, 9.17) is 11.6 Å². The molecule has 3 heteroatoms. The summed E-state index contributed by atoms with van der Waals surface area (Å²) in [6.45, 7) is 2.13. The maximum Gasteiger partial charge on any atom is 0.193 e. The summed E-state index contributed by atoms with van der Waals surface area (Å²) >= 11 is 9.35. The molecule has 19 heavy (non-hydrogen) atoms. The van der Waals surface area contributed by atoms with E-state index >= 15 is 0 Å². The third-order valence-electron chi connectivity index (χ3n) is 2.91. The molecule has 0 saturated carbocycles. The van der Waals surface area contributed by atoms with Crippen molar-refractivity contribution in [1.82, 2.24) is 0 Å². The molecule has 0 spiro atoms. The van der Waals surface area contributed by atoms with Gasteiger partial charge in [-0.2, -0.15) is 0 Å². The van der Waals surface area contributed by atoms with Crippen molar-refractivity contribution in [3.63, 3.8) is 0 Å². The highest BCUT2D eigenvalue weighted by Crippen LogP contribution is 2.24. The standard InChI is InChI=1S/C16H14BrClO/c1-2-4-11-5-3-6-12(9-11)16(19)13-7-8-14(17)15(18)10-13/h3,5-10H,2,4H2,1H3. The Balaban J connectivity index is 2.32. The monoisotopic (exact) mass is 336 g/mol. The van der Waals surface area contributed by atoms with Crippen molar-refractivity contribution in [2.45, 2.75) is 19.8 Å². The van der Waals surface area contributed by atoms with E-state index in [0.717, 1.165) is 17.3 Å². The first-order valence-corrected chi connectivity index (χ1v) is 7.37. The second kappa shape index (κ2) is 6.36. The van der Waals surface area contributed by atoms with Crippen molar-refractivity contribution in [3.05, 3.63) is 68.7 Å². The van der Waals surface area contributed by atoms with Crippen LogP contribution in [0.4, 0.5) is 0 Å². The Morgan fingerprint density at radius 2 is 1.89 bits per heavy atom. The van der Waals surface area contributed by atoms with Gasteiger partial charge in [0.15, 0.2) is 5.78 Å². The van der Waals surface area contributed by atoms with Gasteiger partial charge in [-0.05, 0) is 52.2 Å². The van der Waals surface area contributed by atoms with Crippen LogP contribution < -0.4 is 0 Å². The number of carbonyl (C=O) groups is 1. The smallest absolute Gasteiger partial charge is 0.193 e. The Kier molecular flexibility index (Phi) is 4.78. The van der Waals surface area contributed by atoms with Gasteiger partial charge in [-0.1, -0.05) is 43.1 Å². The van der Waals surface area contributed by atoms with E-state index in [1.165, 1.54) is 5.56 Å². The summed E-state index contributed by atoms with van der Waals surface area (Å²) in [5.41, 5.74) is 2.52. The first-order chi connectivity index (χ1) is 9.11. The predicted molar refractivity (Wildman–Crippen MR) is 83.0 cm³/mol. The lowest BCUT2D eigenvalue weighted by Gasteiger charge is -2.05. The SMILES string of the molecule is CCCc1cccc(C(=O)c2ccc(Br)c(Cl)c2)c1. The van der Waals surface area contributed by atoms with E-state index in [1.54, 1.807) is 18.2 Å². The third-order valence-corrected chi connectivity index (χ3v) is 4.14. The number of hydrogen-bond acceptors (Lipinski definition) is 1. The summed E-state index contributed by atoms with van der Waals surface area (Å²) in [6, 6.07) is 13.1. The van der Waals surface area contributed by atoms with Crippen LogP contribution in [-0.4, -0.2) is 5.78 Å². The lowest BCUT2D eigenvalue weighted by atomic mass is 10.00. The third kappa shape index (κ3) is 3.46. The van der Waals surface area contributed by atoms with E-state index in [0.29, 0.717) is 16.1 Å². The summed E-state index contributed by atoms with van der Waals surface area (Å²) in [5.74, 6) is 0.00681. The number of rotatable bonds is 4. The number of aryl methyl sites for hydroxylation is 1. The molecule has 0 aliphatic rings. The molecule has 0 fully saturated rings. The number of halogens is 2. The Morgan fingerprint density at radius 1 is 1.16 bits per heavy atom. The predicted octanol–water partition coefficient (Wildman–Crippen LogP) is 5.29. The molecule has 2 rings (SSSR count). The molecule has 0 radical (unpaired) electrons. The lowest BCUT2D eigenvalue weighted by Crippen LogP contribution is -2.02. The number of hydrogen-bond donors (Lipinski definition) is 0. The first-order valence-electron chi connectivity index (χ1n) is 6.20. The Hall–Kier alpha value is -1.12. The molecule has 0 N–H and O–H groups in total. The molecule has 0 unspecified atom stereocenters. The van der Waals surface area contributed by atoms with E-state index in [1.807, 2.05) is 18.2 Å². The summed E-state index contributed by atoms with van der Waals surface area (Å²) < 4.78 is 0.797. The molecule has 0 aliphatic carbocycles. The zero-order chi connectivity index (χ0) is 13.8. The average molecular weight is 338 g/mol. The van der Waals surface area contributed by atoms with Crippen molar-refractivity contribution in [2.24, 2.45) is 0 Å². The zero-order valence-electron chi connectivity index (χ0n) is 10.6. The second-order valence-electron chi connectivity index (χ2n) is 4.41. The zero-order valence-corrected chi connectivity index (χ0v) is 13.0. The fourth-order valence-electron chi connectivity index (χ4n) is 1.96. The molecule has 2 aromatic rings. The Morgan fingerprint density at radius 3 is 2.58 bits per heavy atom. The van der Waals surface area contributed by atoms with Crippen LogP contribution >= 0.6 is 27.5 Å². The average Bonchev–Trinajstić information content (AvgIpc) is 2.42. The van der Waals surface area contributed by atoms with Gasteiger partial charge >= 0.3 is 0 Å². The van der Waals surface area contributed by atoms with Crippen LogP contribution in [0.25, 0.3) is 0 Å². The fourth-order valence-corrected chi connectivity index (χ4v) is 2.39. The van der Waals surface area contributed by atoms with E-state index < -0.39 is 0 Å². The summed E-state index contributed by atoms with van der Waals surface area (Å²) in [4.78, 5) is 12.4. The molecular weight excluding hydrogens is 324 g/mol. The van der Waals surface area contributed by atoms with Gasteiger partial charge in [0.2, 0.25) is 0 Å². The Bertz CT molecular complexity index is 607. The highest BCUT2D eigenvalue weighted by atomic mass is 79.9. The van der Waals surface area contributed by atoms with Gasteiger partial charge < -0.3 is 0 Å². The number of carbonyl (C=O) groups excluding carboxylic acids is 1. The summed E-state index contributed by atoms with van der Waals surface area (Å²) in [6.07, 6.45) is 2.06. The largest absolute Gasteiger partial charge is 0.289 e. The number of benzene rings is 2. The van der Waals surface area contributed by atoms with Crippen molar-refractivity contribution >= 4 is 33.3 Å². The normalized spacial score (nSPS) is 10.5. The van der Waals surface area contributed by atoms with Crippen molar-refractivity contribution < 1.29 is 4.79 Å². The van der Waals surface area contributed by atoms with Crippen LogP contribution in [0.15, 0.2) is 46.9 Å². The highest BCUT2D eigenvalue weighted by molar-refractivity contribution is 9.10. The van der Waals surface area contributed by atoms with Gasteiger partial charge in [0, 0.05) is 15.6 Å². The van der Waals surface area contributed by atoms with Gasteiger partial charge in [0.05, 0.1) is 5.02 Å². The van der Waals surface area contributed by atoms with E-state index in [9.17, 15) is 4.79 Å². The van der Waals surface area contributed by atoms with Crippen LogP contribution in [0.5, 0.6) is 0 Å². The van der Waals surface area contributed by atoms with E-state index in [2.05, 4.69) is 28.9 Å². The van der Waals surface area contributed by atoms with Crippen LogP contribution in [0.2, 0.25) is 5.02 Å². The van der Waals surface area contributed by atoms with Crippen LogP contribution in [-0.2, 0) is 6.42 Å². The van der Waals surface area contributed by atoms with Crippen LogP contribution in [0, 0.1) is 0 Å². The van der Waals surface area contributed by atoms with Crippen LogP contribution in [0.1, 0.15) is 34.8 Å². The summed E-state index contributed by atoms with van der Waals surface area (Å²) in [5, 5.41) is 0.551. The molecular formula is C16H14BrClO. The molecule has 0 aromatic heterocycles.